The number of carbonyl (C=O) groups excluding carboxylic acids is 1. The number of benzene rings is 2. The summed E-state index contributed by atoms with van der Waals surface area (Å²) in [6.45, 7) is 5.83. The smallest absolute Gasteiger partial charge is 0.322 e. The van der Waals surface area contributed by atoms with Crippen LogP contribution in [-0.2, 0) is 0 Å². The molecule has 7 nitrogen and oxygen atoms in total. The second kappa shape index (κ2) is 8.84. The van der Waals surface area contributed by atoms with Gasteiger partial charge in [-0.2, -0.15) is 4.98 Å². The zero-order valence-corrected chi connectivity index (χ0v) is 18.2. The molecule has 0 bridgehead atoms. The highest BCUT2D eigenvalue weighted by Gasteiger charge is 2.35. The average molecular weight is 455 g/mol. The van der Waals surface area contributed by atoms with Gasteiger partial charge in [0.2, 0.25) is 5.82 Å². The van der Waals surface area contributed by atoms with Crippen molar-refractivity contribution < 1.29 is 18.4 Å². The van der Waals surface area contributed by atoms with Crippen LogP contribution in [0.4, 0.5) is 9.18 Å². The molecule has 1 aliphatic heterocycles. The molecule has 1 aromatic heterocycles. The predicted octanol–water partition coefficient (Wildman–Crippen LogP) is 5.22. The van der Waals surface area contributed by atoms with Crippen molar-refractivity contribution in [3.05, 3.63) is 83.1 Å². The summed E-state index contributed by atoms with van der Waals surface area (Å²) in [6, 6.07) is 10.7. The van der Waals surface area contributed by atoms with E-state index in [-0.39, 0.29) is 23.5 Å². The van der Waals surface area contributed by atoms with E-state index < -0.39 is 11.9 Å². The van der Waals surface area contributed by atoms with E-state index in [0.717, 1.165) is 5.56 Å². The molecule has 1 atom stereocenters. The summed E-state index contributed by atoms with van der Waals surface area (Å²) in [5, 5.41) is 7.57. The molecule has 1 unspecified atom stereocenters. The third-order valence-electron chi connectivity index (χ3n) is 5.18. The molecule has 3 aromatic rings. The van der Waals surface area contributed by atoms with Gasteiger partial charge in [-0.3, -0.25) is 4.90 Å². The first-order valence-corrected chi connectivity index (χ1v) is 10.1. The monoisotopic (exact) mass is 454 g/mol. The number of nitrogens with zero attached hydrogens (tertiary/aromatic N) is 3. The van der Waals surface area contributed by atoms with Gasteiger partial charge in [0, 0.05) is 22.8 Å². The molecule has 1 aliphatic rings. The van der Waals surface area contributed by atoms with E-state index in [1.807, 2.05) is 12.1 Å². The average Bonchev–Trinajstić information content (AvgIpc) is 3.26. The van der Waals surface area contributed by atoms with E-state index in [9.17, 15) is 9.18 Å². The minimum Gasteiger partial charge on any atom is -0.494 e. The van der Waals surface area contributed by atoms with Crippen LogP contribution in [0.1, 0.15) is 24.4 Å². The summed E-state index contributed by atoms with van der Waals surface area (Å²) in [4.78, 5) is 18.8. The lowest BCUT2D eigenvalue weighted by molar-refractivity contribution is 0.209. The van der Waals surface area contributed by atoms with Crippen molar-refractivity contribution in [2.45, 2.75) is 13.0 Å². The number of amides is 2. The number of methoxy groups -OCH3 is 1. The second-order valence-corrected chi connectivity index (χ2v) is 7.54. The van der Waals surface area contributed by atoms with Crippen LogP contribution in [0.3, 0.4) is 0 Å². The van der Waals surface area contributed by atoms with E-state index in [1.165, 1.54) is 24.1 Å². The minimum atomic E-state index is -0.540. The van der Waals surface area contributed by atoms with E-state index in [0.29, 0.717) is 28.4 Å². The van der Waals surface area contributed by atoms with E-state index >= 15 is 0 Å². The highest BCUT2D eigenvalue weighted by molar-refractivity contribution is 6.30. The maximum atomic E-state index is 14.2. The lowest BCUT2D eigenvalue weighted by Gasteiger charge is -2.34. The Balaban J connectivity index is 1.80. The van der Waals surface area contributed by atoms with Crippen LogP contribution in [0.2, 0.25) is 5.02 Å². The Kier molecular flexibility index (Phi) is 5.96. The number of halogens is 2. The van der Waals surface area contributed by atoms with E-state index in [1.54, 1.807) is 31.2 Å². The molecule has 1 N–H and O–H groups in total. The van der Waals surface area contributed by atoms with Gasteiger partial charge in [0.15, 0.2) is 11.6 Å². The quantitative estimate of drug-likeness (QED) is 0.516. The first-order chi connectivity index (χ1) is 15.4. The fourth-order valence-corrected chi connectivity index (χ4v) is 3.69. The molecule has 2 aromatic carbocycles. The number of carbonyl (C=O) groups is 1. The highest BCUT2D eigenvalue weighted by Crippen LogP contribution is 2.37. The summed E-state index contributed by atoms with van der Waals surface area (Å²) in [7, 11) is 1.39. The Labute approximate surface area is 189 Å². The van der Waals surface area contributed by atoms with Gasteiger partial charge in [0.05, 0.1) is 18.7 Å². The first-order valence-electron chi connectivity index (χ1n) is 9.76. The zero-order valence-electron chi connectivity index (χ0n) is 17.4. The van der Waals surface area contributed by atoms with Crippen molar-refractivity contribution in [1.82, 2.24) is 20.4 Å². The van der Waals surface area contributed by atoms with Gasteiger partial charge in [-0.1, -0.05) is 35.0 Å². The number of aromatic nitrogens is 2. The van der Waals surface area contributed by atoms with Gasteiger partial charge in [-0.15, -0.1) is 6.58 Å². The molecule has 2 amide bonds. The molecule has 4 rings (SSSR count). The van der Waals surface area contributed by atoms with Crippen LogP contribution in [0.25, 0.3) is 17.0 Å². The van der Waals surface area contributed by atoms with Crippen LogP contribution < -0.4 is 10.1 Å². The molecule has 164 valence electrons. The third kappa shape index (κ3) is 3.97. The molecule has 32 heavy (non-hydrogen) atoms. The Morgan fingerprint density at radius 3 is 2.72 bits per heavy atom. The van der Waals surface area contributed by atoms with E-state index in [2.05, 4.69) is 22.0 Å². The summed E-state index contributed by atoms with van der Waals surface area (Å²) < 4.78 is 24.7. The summed E-state index contributed by atoms with van der Waals surface area (Å²) >= 11 is 6.03. The fraction of sp³-hybridized carbons (Fsp3) is 0.174. The maximum absolute atomic E-state index is 14.2. The van der Waals surface area contributed by atoms with Gasteiger partial charge < -0.3 is 14.6 Å². The Bertz CT molecular complexity index is 1210. The lowest BCUT2D eigenvalue weighted by Crippen LogP contribution is -2.46. The molecule has 9 heteroatoms. The molecule has 0 radical (unpaired) electrons. The minimum absolute atomic E-state index is 0.119. The predicted molar refractivity (Wildman–Crippen MR) is 118 cm³/mol. The molecule has 0 fully saturated rings. The first kappa shape index (κ1) is 21.6. The van der Waals surface area contributed by atoms with Gasteiger partial charge >= 0.3 is 6.03 Å². The van der Waals surface area contributed by atoms with Crippen molar-refractivity contribution in [1.29, 1.82) is 0 Å². The van der Waals surface area contributed by atoms with Crippen molar-refractivity contribution in [3.63, 3.8) is 0 Å². The van der Waals surface area contributed by atoms with Crippen molar-refractivity contribution in [2.24, 2.45) is 0 Å². The Hall–Kier alpha value is -3.65. The summed E-state index contributed by atoms with van der Waals surface area (Å²) in [5.41, 5.74) is 2.50. The standard InChI is InChI=1S/C23H20ClFN4O3/c1-4-11-29-13(2)19(20(26-23(29)30)14-5-8-16(24)9-6-14)22-27-21(28-32-22)15-7-10-18(31-3)17(25)12-15/h4-10,12,20H,1,11H2,2-3H3,(H,26,30). The molecule has 0 saturated carbocycles. The topological polar surface area (TPSA) is 80.5 Å². The molecular formula is C23H20ClFN4O3. The van der Waals surface area contributed by atoms with Crippen molar-refractivity contribution >= 4 is 23.2 Å². The van der Waals surface area contributed by atoms with Crippen LogP contribution >= 0.6 is 11.6 Å². The van der Waals surface area contributed by atoms with Crippen molar-refractivity contribution in [3.8, 4) is 17.1 Å². The molecular weight excluding hydrogens is 435 g/mol. The normalized spacial score (nSPS) is 16.2. The Morgan fingerprint density at radius 1 is 1.31 bits per heavy atom. The third-order valence-corrected chi connectivity index (χ3v) is 5.43. The highest BCUT2D eigenvalue weighted by atomic mass is 35.5. The van der Waals surface area contributed by atoms with Crippen LogP contribution in [-0.4, -0.2) is 34.7 Å². The van der Waals surface area contributed by atoms with Gasteiger partial charge in [-0.05, 0) is 42.8 Å². The Morgan fingerprint density at radius 2 is 2.06 bits per heavy atom. The zero-order chi connectivity index (χ0) is 22.8. The summed E-state index contributed by atoms with van der Waals surface area (Å²) in [5.74, 6) is 0.00776. The number of ether oxygens (including phenoxy) is 1. The number of hydrogen-bond acceptors (Lipinski definition) is 5. The number of allylic oxidation sites excluding steroid dienone is 1. The van der Waals surface area contributed by atoms with Crippen LogP contribution in [0.15, 0.2) is 65.3 Å². The number of urea groups is 1. The van der Waals surface area contributed by atoms with E-state index in [4.69, 9.17) is 20.9 Å². The molecule has 2 heterocycles. The van der Waals surface area contributed by atoms with Crippen LogP contribution in [0.5, 0.6) is 5.75 Å². The second-order valence-electron chi connectivity index (χ2n) is 7.10. The van der Waals surface area contributed by atoms with Crippen LogP contribution in [0, 0.1) is 5.82 Å². The van der Waals surface area contributed by atoms with Gasteiger partial charge in [0.1, 0.15) is 0 Å². The number of hydrogen-bond donors (Lipinski definition) is 1. The lowest BCUT2D eigenvalue weighted by atomic mass is 9.94. The fourth-order valence-electron chi connectivity index (χ4n) is 3.57. The summed E-state index contributed by atoms with van der Waals surface area (Å²) in [6.07, 6.45) is 1.63. The maximum Gasteiger partial charge on any atom is 0.322 e. The molecule has 0 aliphatic carbocycles. The number of rotatable bonds is 6. The van der Waals surface area contributed by atoms with Crippen molar-refractivity contribution in [2.75, 3.05) is 13.7 Å². The largest absolute Gasteiger partial charge is 0.494 e. The SMILES string of the molecule is C=CCN1C(=O)NC(c2ccc(Cl)cc2)C(c2nc(-c3ccc(OC)c(F)c3)no2)=C1C. The molecule has 0 saturated heterocycles. The van der Waals surface area contributed by atoms with Gasteiger partial charge in [0.25, 0.3) is 5.89 Å². The molecule has 0 spiro atoms. The number of nitrogens with one attached hydrogen (secondary N) is 1. The van der Waals surface area contributed by atoms with Gasteiger partial charge in [-0.25, -0.2) is 9.18 Å².